The van der Waals surface area contributed by atoms with Gasteiger partial charge in [-0.1, -0.05) is 11.6 Å². The Morgan fingerprint density at radius 2 is 1.88 bits per heavy atom. The van der Waals surface area contributed by atoms with Crippen molar-refractivity contribution in [1.82, 2.24) is 4.31 Å². The van der Waals surface area contributed by atoms with Crippen molar-refractivity contribution in [2.45, 2.75) is 36.2 Å². The molecular weight excluding hydrogens is 358 g/mol. The number of nitrogens with zero attached hydrogens (tertiary/aromatic N) is 1. The van der Waals surface area contributed by atoms with E-state index in [2.05, 4.69) is 0 Å². The van der Waals surface area contributed by atoms with Crippen molar-refractivity contribution in [3.63, 3.8) is 0 Å². The third kappa shape index (κ3) is 2.28. The van der Waals surface area contributed by atoms with Crippen LogP contribution in [0.4, 0.5) is 0 Å². The highest BCUT2D eigenvalue weighted by Gasteiger charge is 2.54. The third-order valence-corrected chi connectivity index (χ3v) is 7.38. The average molecular weight is 374 g/mol. The standard InChI is InChI=1S/C15H16ClNO6S/c16-10-6-12-13(23-4-3-22-12)7-14(10)24(20,21)17-8-1-2-11(17)9(5-8)15(18)19/h6-9,11H,1-5H2,(H,18,19). The molecule has 3 aliphatic rings. The minimum absolute atomic E-state index is 0.0532. The van der Waals surface area contributed by atoms with Crippen LogP contribution >= 0.6 is 11.6 Å². The molecule has 1 aromatic carbocycles. The van der Waals surface area contributed by atoms with Gasteiger partial charge in [-0.25, -0.2) is 8.42 Å². The predicted octanol–water partition coefficient (Wildman–Crippen LogP) is 1.74. The first kappa shape index (κ1) is 16.0. The summed E-state index contributed by atoms with van der Waals surface area (Å²) < 4.78 is 38.4. The molecule has 3 aliphatic heterocycles. The van der Waals surface area contributed by atoms with Gasteiger partial charge in [0.25, 0.3) is 0 Å². The molecule has 4 rings (SSSR count). The van der Waals surface area contributed by atoms with Crippen molar-refractivity contribution in [3.8, 4) is 11.5 Å². The Bertz CT molecular complexity index is 810. The molecule has 3 atom stereocenters. The van der Waals surface area contributed by atoms with Crippen LogP contribution in [-0.4, -0.2) is 49.1 Å². The summed E-state index contributed by atoms with van der Waals surface area (Å²) in [4.78, 5) is 11.3. The fourth-order valence-corrected chi connectivity index (χ4v) is 6.36. The molecule has 1 N–H and O–H groups in total. The minimum atomic E-state index is -3.90. The Balaban J connectivity index is 1.75. The zero-order valence-electron chi connectivity index (χ0n) is 12.6. The SMILES string of the molecule is O=C(O)C1CC2CCC1N2S(=O)(=O)c1cc2c(cc1Cl)OCCO2. The largest absolute Gasteiger partial charge is 0.486 e. The van der Waals surface area contributed by atoms with E-state index in [9.17, 15) is 18.3 Å². The van der Waals surface area contributed by atoms with Crippen LogP contribution in [0.5, 0.6) is 11.5 Å². The summed E-state index contributed by atoms with van der Waals surface area (Å²) in [7, 11) is -3.90. The molecule has 0 radical (unpaired) electrons. The van der Waals surface area contributed by atoms with Crippen molar-refractivity contribution in [1.29, 1.82) is 0 Å². The van der Waals surface area contributed by atoms with E-state index in [1.807, 2.05) is 0 Å². The molecule has 1 aromatic rings. The predicted molar refractivity (Wildman–Crippen MR) is 84.0 cm³/mol. The zero-order chi connectivity index (χ0) is 17.1. The van der Waals surface area contributed by atoms with E-state index in [-0.39, 0.29) is 16.0 Å². The first-order valence-electron chi connectivity index (χ1n) is 7.75. The van der Waals surface area contributed by atoms with Crippen LogP contribution in [0, 0.1) is 5.92 Å². The van der Waals surface area contributed by atoms with Crippen molar-refractivity contribution < 1.29 is 27.8 Å². The number of sulfonamides is 1. The summed E-state index contributed by atoms with van der Waals surface area (Å²) in [6, 6.07) is 2.02. The minimum Gasteiger partial charge on any atom is -0.486 e. The molecule has 130 valence electrons. The molecule has 3 heterocycles. The van der Waals surface area contributed by atoms with Gasteiger partial charge in [0.15, 0.2) is 11.5 Å². The summed E-state index contributed by atoms with van der Waals surface area (Å²) in [6.07, 6.45) is 1.58. The summed E-state index contributed by atoms with van der Waals surface area (Å²) >= 11 is 6.18. The quantitative estimate of drug-likeness (QED) is 0.867. The molecule has 0 saturated carbocycles. The summed E-state index contributed by atoms with van der Waals surface area (Å²) in [6.45, 7) is 0.718. The number of ether oxygens (including phenoxy) is 2. The second-order valence-corrected chi connectivity index (χ2v) is 8.46. The van der Waals surface area contributed by atoms with E-state index in [1.165, 1.54) is 16.4 Å². The van der Waals surface area contributed by atoms with Gasteiger partial charge in [0.05, 0.1) is 10.9 Å². The Hall–Kier alpha value is -1.51. The lowest BCUT2D eigenvalue weighted by Gasteiger charge is -2.25. The van der Waals surface area contributed by atoms with Crippen molar-refractivity contribution in [2.24, 2.45) is 5.92 Å². The molecule has 0 aromatic heterocycles. The summed E-state index contributed by atoms with van der Waals surface area (Å²) in [5, 5.41) is 9.37. The van der Waals surface area contributed by atoms with E-state index in [0.717, 1.165) is 0 Å². The van der Waals surface area contributed by atoms with Crippen molar-refractivity contribution in [3.05, 3.63) is 17.2 Å². The van der Waals surface area contributed by atoms with E-state index in [0.29, 0.717) is 44.0 Å². The number of fused-ring (bicyclic) bond motifs is 3. The van der Waals surface area contributed by atoms with E-state index >= 15 is 0 Å². The second-order valence-electron chi connectivity index (χ2n) is 6.24. The van der Waals surface area contributed by atoms with E-state index in [1.54, 1.807) is 0 Å². The van der Waals surface area contributed by atoms with Crippen LogP contribution in [0.25, 0.3) is 0 Å². The second kappa shape index (κ2) is 5.50. The number of benzene rings is 1. The number of rotatable bonds is 3. The highest BCUT2D eigenvalue weighted by atomic mass is 35.5. The first-order chi connectivity index (χ1) is 11.4. The molecule has 7 nitrogen and oxygen atoms in total. The number of hydrogen-bond donors (Lipinski definition) is 1. The van der Waals surface area contributed by atoms with Gasteiger partial charge < -0.3 is 14.6 Å². The molecule has 0 amide bonds. The molecule has 2 bridgehead atoms. The van der Waals surface area contributed by atoms with Crippen LogP contribution in [-0.2, 0) is 14.8 Å². The van der Waals surface area contributed by atoms with Gasteiger partial charge in [-0.05, 0) is 19.3 Å². The maximum absolute atomic E-state index is 13.1. The fraction of sp³-hybridized carbons (Fsp3) is 0.533. The van der Waals surface area contributed by atoms with Gasteiger partial charge in [-0.2, -0.15) is 4.31 Å². The summed E-state index contributed by atoms with van der Waals surface area (Å²) in [5.74, 6) is -0.853. The van der Waals surface area contributed by atoms with Crippen LogP contribution in [0.3, 0.4) is 0 Å². The molecule has 0 aliphatic carbocycles. The van der Waals surface area contributed by atoms with Gasteiger partial charge in [-0.3, -0.25) is 4.79 Å². The lowest BCUT2D eigenvalue weighted by Crippen LogP contribution is -2.38. The monoisotopic (exact) mass is 373 g/mol. The van der Waals surface area contributed by atoms with Crippen LogP contribution < -0.4 is 9.47 Å². The average Bonchev–Trinajstić information content (AvgIpc) is 3.12. The normalized spacial score (nSPS) is 29.0. The Kier molecular flexibility index (Phi) is 3.67. The number of aliphatic carboxylic acids is 1. The molecule has 2 fully saturated rings. The molecular formula is C15H16ClNO6S. The summed E-state index contributed by atoms with van der Waals surface area (Å²) in [5.41, 5.74) is 0. The molecule has 3 unspecified atom stereocenters. The highest BCUT2D eigenvalue weighted by molar-refractivity contribution is 7.89. The van der Waals surface area contributed by atoms with Crippen LogP contribution in [0.15, 0.2) is 17.0 Å². The lowest BCUT2D eigenvalue weighted by atomic mass is 9.89. The van der Waals surface area contributed by atoms with Crippen molar-refractivity contribution in [2.75, 3.05) is 13.2 Å². The van der Waals surface area contributed by atoms with Gasteiger partial charge >= 0.3 is 5.97 Å². The highest BCUT2D eigenvalue weighted by Crippen LogP contribution is 2.47. The van der Waals surface area contributed by atoms with Crippen molar-refractivity contribution >= 4 is 27.6 Å². The topological polar surface area (TPSA) is 93.1 Å². The Morgan fingerprint density at radius 1 is 1.21 bits per heavy atom. The maximum atomic E-state index is 13.1. The number of hydrogen-bond acceptors (Lipinski definition) is 5. The first-order valence-corrected chi connectivity index (χ1v) is 9.57. The van der Waals surface area contributed by atoms with Crippen LogP contribution in [0.1, 0.15) is 19.3 Å². The molecule has 2 saturated heterocycles. The number of halogens is 1. The maximum Gasteiger partial charge on any atom is 0.308 e. The lowest BCUT2D eigenvalue weighted by molar-refractivity contribution is -0.142. The fourth-order valence-electron chi connectivity index (χ4n) is 3.94. The van der Waals surface area contributed by atoms with Crippen LogP contribution in [0.2, 0.25) is 5.02 Å². The Labute approximate surface area is 144 Å². The Morgan fingerprint density at radius 3 is 2.50 bits per heavy atom. The van der Waals surface area contributed by atoms with Gasteiger partial charge in [0.1, 0.15) is 18.1 Å². The molecule has 9 heteroatoms. The molecule has 24 heavy (non-hydrogen) atoms. The molecule has 0 spiro atoms. The number of carboxylic acids is 1. The zero-order valence-corrected chi connectivity index (χ0v) is 14.2. The van der Waals surface area contributed by atoms with E-state index in [4.69, 9.17) is 21.1 Å². The van der Waals surface area contributed by atoms with Gasteiger partial charge in [-0.15, -0.1) is 0 Å². The van der Waals surface area contributed by atoms with E-state index < -0.39 is 28.0 Å². The van der Waals surface area contributed by atoms with Gasteiger partial charge in [0, 0.05) is 24.2 Å². The smallest absolute Gasteiger partial charge is 0.308 e. The number of carboxylic acid groups (broad SMARTS) is 1. The third-order valence-electron chi connectivity index (χ3n) is 4.94. The van der Waals surface area contributed by atoms with Gasteiger partial charge in [0.2, 0.25) is 10.0 Å². The number of carbonyl (C=O) groups is 1.